The molecule has 0 spiro atoms. The molecule has 0 saturated heterocycles. The molecule has 28 heavy (non-hydrogen) atoms. The average Bonchev–Trinajstić information content (AvgIpc) is 2.75. The summed E-state index contributed by atoms with van der Waals surface area (Å²) in [5.41, 5.74) is 1.43. The summed E-state index contributed by atoms with van der Waals surface area (Å²) in [6.45, 7) is 4.01. The van der Waals surface area contributed by atoms with Crippen LogP contribution >= 0.6 is 0 Å². The van der Waals surface area contributed by atoms with Crippen molar-refractivity contribution < 1.29 is 28.5 Å². The second kappa shape index (κ2) is 8.73. The highest BCUT2D eigenvalue weighted by Crippen LogP contribution is 2.38. The minimum atomic E-state index is -0.128. The number of fused-ring (bicyclic) bond motifs is 1. The predicted octanol–water partition coefficient (Wildman–Crippen LogP) is 3.15. The number of carbonyl (C=O) groups excluding carboxylic acids is 1. The largest absolute Gasteiger partial charge is 0.493 e. The molecule has 0 saturated carbocycles. The molecule has 0 radical (unpaired) electrons. The second-order valence-electron chi connectivity index (χ2n) is 6.21. The lowest BCUT2D eigenvalue weighted by Gasteiger charge is -2.24. The molecule has 0 N–H and O–H groups in total. The Hall–Kier alpha value is -3.09. The lowest BCUT2D eigenvalue weighted by Crippen LogP contribution is -2.30. The summed E-state index contributed by atoms with van der Waals surface area (Å²) in [6.07, 6.45) is 0. The summed E-state index contributed by atoms with van der Waals surface area (Å²) < 4.78 is 27.2. The Morgan fingerprint density at radius 1 is 0.964 bits per heavy atom. The van der Waals surface area contributed by atoms with Crippen LogP contribution in [-0.2, 0) is 6.54 Å². The van der Waals surface area contributed by atoms with E-state index in [0.717, 1.165) is 11.3 Å². The van der Waals surface area contributed by atoms with E-state index in [9.17, 15) is 4.79 Å². The fraction of sp³-hybridized carbons (Fsp3) is 0.381. The fourth-order valence-corrected chi connectivity index (χ4v) is 3.12. The van der Waals surface area contributed by atoms with Crippen LogP contribution in [-0.4, -0.2) is 51.9 Å². The first-order chi connectivity index (χ1) is 13.6. The lowest BCUT2D eigenvalue weighted by atomic mass is 10.1. The van der Waals surface area contributed by atoms with E-state index in [4.69, 9.17) is 23.7 Å². The van der Waals surface area contributed by atoms with E-state index >= 15 is 0 Å². The maximum absolute atomic E-state index is 13.1. The van der Waals surface area contributed by atoms with E-state index < -0.39 is 0 Å². The molecule has 1 aliphatic heterocycles. The van der Waals surface area contributed by atoms with Gasteiger partial charge < -0.3 is 28.6 Å². The first kappa shape index (κ1) is 19.7. The van der Waals surface area contributed by atoms with E-state index in [1.54, 1.807) is 17.0 Å². The zero-order valence-electron chi connectivity index (χ0n) is 16.6. The zero-order valence-corrected chi connectivity index (χ0v) is 16.6. The normalized spacial score (nSPS) is 12.3. The molecule has 0 unspecified atom stereocenters. The van der Waals surface area contributed by atoms with Crippen LogP contribution < -0.4 is 23.7 Å². The Labute approximate surface area is 164 Å². The van der Waals surface area contributed by atoms with Crippen LogP contribution in [0.3, 0.4) is 0 Å². The Morgan fingerprint density at radius 3 is 2.18 bits per heavy atom. The number of hydrogen-bond acceptors (Lipinski definition) is 6. The fourth-order valence-electron chi connectivity index (χ4n) is 3.12. The van der Waals surface area contributed by atoms with Crippen molar-refractivity contribution in [2.24, 2.45) is 0 Å². The van der Waals surface area contributed by atoms with Gasteiger partial charge in [-0.15, -0.1) is 0 Å². The smallest absolute Gasteiger partial charge is 0.254 e. The standard InChI is InChI=1S/C21H25NO6/c1-5-22(13-14-6-7-16-17(10-14)28-9-8-27-16)21(23)15-11-18(24-2)20(26-4)19(12-15)25-3/h6-7,10-12H,5,8-9,13H2,1-4H3. The van der Waals surface area contributed by atoms with E-state index in [1.165, 1.54) is 21.3 Å². The van der Waals surface area contributed by atoms with Crippen LogP contribution in [0.1, 0.15) is 22.8 Å². The maximum Gasteiger partial charge on any atom is 0.254 e. The van der Waals surface area contributed by atoms with Gasteiger partial charge in [-0.1, -0.05) is 6.07 Å². The number of hydrogen-bond donors (Lipinski definition) is 0. The number of rotatable bonds is 7. The minimum Gasteiger partial charge on any atom is -0.493 e. The van der Waals surface area contributed by atoms with Gasteiger partial charge in [0, 0.05) is 18.7 Å². The molecule has 0 bridgehead atoms. The van der Waals surface area contributed by atoms with Gasteiger partial charge >= 0.3 is 0 Å². The van der Waals surface area contributed by atoms with Crippen LogP contribution in [0, 0.1) is 0 Å². The van der Waals surface area contributed by atoms with Crippen molar-refractivity contribution in [1.29, 1.82) is 0 Å². The van der Waals surface area contributed by atoms with E-state index in [0.29, 0.717) is 54.9 Å². The van der Waals surface area contributed by atoms with Gasteiger partial charge in [0.2, 0.25) is 5.75 Å². The van der Waals surface area contributed by atoms with Gasteiger partial charge in [-0.2, -0.15) is 0 Å². The molecule has 7 nitrogen and oxygen atoms in total. The van der Waals surface area contributed by atoms with Crippen molar-refractivity contribution in [1.82, 2.24) is 4.90 Å². The third-order valence-electron chi connectivity index (χ3n) is 4.56. The predicted molar refractivity (Wildman–Crippen MR) is 104 cm³/mol. The Morgan fingerprint density at radius 2 is 1.61 bits per heavy atom. The van der Waals surface area contributed by atoms with Crippen LogP contribution in [0.15, 0.2) is 30.3 Å². The number of carbonyl (C=O) groups is 1. The molecule has 3 rings (SSSR count). The molecule has 0 aliphatic carbocycles. The Balaban J connectivity index is 1.85. The number of methoxy groups -OCH3 is 3. The monoisotopic (exact) mass is 387 g/mol. The molecular weight excluding hydrogens is 362 g/mol. The SMILES string of the molecule is CCN(Cc1ccc2c(c1)OCCO2)C(=O)c1cc(OC)c(OC)c(OC)c1. The van der Waals surface area contributed by atoms with Gasteiger partial charge in [0.05, 0.1) is 21.3 Å². The molecule has 2 aromatic carbocycles. The molecule has 0 atom stereocenters. The van der Waals surface area contributed by atoms with Gasteiger partial charge in [0.15, 0.2) is 23.0 Å². The second-order valence-corrected chi connectivity index (χ2v) is 6.21. The molecule has 1 heterocycles. The molecule has 2 aromatic rings. The Kier molecular flexibility index (Phi) is 6.13. The Bertz CT molecular complexity index is 826. The van der Waals surface area contributed by atoms with Crippen LogP contribution in [0.5, 0.6) is 28.7 Å². The minimum absolute atomic E-state index is 0.128. The van der Waals surface area contributed by atoms with Crippen LogP contribution in [0.4, 0.5) is 0 Å². The van der Waals surface area contributed by atoms with Gasteiger partial charge in [0.25, 0.3) is 5.91 Å². The first-order valence-corrected chi connectivity index (χ1v) is 9.09. The summed E-state index contributed by atoms with van der Waals surface area (Å²) in [5, 5.41) is 0. The number of benzene rings is 2. The number of nitrogens with zero attached hydrogens (tertiary/aromatic N) is 1. The summed E-state index contributed by atoms with van der Waals surface area (Å²) >= 11 is 0. The summed E-state index contributed by atoms with van der Waals surface area (Å²) in [5.74, 6) is 2.66. The summed E-state index contributed by atoms with van der Waals surface area (Å²) in [7, 11) is 4.58. The van der Waals surface area contributed by atoms with Crippen molar-refractivity contribution in [3.63, 3.8) is 0 Å². The van der Waals surface area contributed by atoms with Crippen molar-refractivity contribution in [2.75, 3.05) is 41.1 Å². The summed E-state index contributed by atoms with van der Waals surface area (Å²) in [4.78, 5) is 14.9. The van der Waals surface area contributed by atoms with Gasteiger partial charge in [-0.05, 0) is 36.8 Å². The maximum atomic E-state index is 13.1. The van der Waals surface area contributed by atoms with Gasteiger partial charge in [-0.3, -0.25) is 4.79 Å². The van der Waals surface area contributed by atoms with E-state index in [-0.39, 0.29) is 5.91 Å². The molecule has 0 aromatic heterocycles. The van der Waals surface area contributed by atoms with E-state index in [1.807, 2.05) is 25.1 Å². The highest BCUT2D eigenvalue weighted by Gasteiger charge is 2.21. The van der Waals surface area contributed by atoms with Crippen molar-refractivity contribution in [3.8, 4) is 28.7 Å². The van der Waals surface area contributed by atoms with Crippen molar-refractivity contribution in [3.05, 3.63) is 41.5 Å². The lowest BCUT2D eigenvalue weighted by molar-refractivity contribution is 0.0751. The molecule has 150 valence electrons. The topological polar surface area (TPSA) is 66.5 Å². The molecule has 7 heteroatoms. The third-order valence-corrected chi connectivity index (χ3v) is 4.56. The van der Waals surface area contributed by atoms with Crippen LogP contribution in [0.2, 0.25) is 0 Å². The molecule has 1 amide bonds. The quantitative estimate of drug-likeness (QED) is 0.727. The van der Waals surface area contributed by atoms with Crippen LogP contribution in [0.25, 0.3) is 0 Å². The molecular formula is C21H25NO6. The third kappa shape index (κ3) is 3.93. The van der Waals surface area contributed by atoms with Gasteiger partial charge in [0.1, 0.15) is 13.2 Å². The van der Waals surface area contributed by atoms with Crippen molar-refractivity contribution >= 4 is 5.91 Å². The summed E-state index contributed by atoms with van der Waals surface area (Å²) in [6, 6.07) is 9.06. The highest BCUT2D eigenvalue weighted by atomic mass is 16.6. The average molecular weight is 387 g/mol. The molecule has 0 fully saturated rings. The van der Waals surface area contributed by atoms with E-state index in [2.05, 4.69) is 0 Å². The highest BCUT2D eigenvalue weighted by molar-refractivity contribution is 5.95. The zero-order chi connectivity index (χ0) is 20.1. The van der Waals surface area contributed by atoms with Gasteiger partial charge in [-0.25, -0.2) is 0 Å². The first-order valence-electron chi connectivity index (χ1n) is 9.09. The molecule has 1 aliphatic rings. The number of amides is 1. The van der Waals surface area contributed by atoms with Crippen molar-refractivity contribution in [2.45, 2.75) is 13.5 Å². The number of ether oxygens (including phenoxy) is 5.